The quantitative estimate of drug-likeness (QED) is 0.188. The smallest absolute Gasteiger partial charge is 0.160 e. The minimum Gasteiger partial charge on any atom is -0.456 e. The minimum absolute atomic E-state index is 0.665. The monoisotopic (exact) mass is 663 g/mol. The Morgan fingerprint density at radius 3 is 1.83 bits per heavy atom. The normalized spacial score (nSPS) is 12.0. The number of rotatable bonds is 4. The van der Waals surface area contributed by atoms with Gasteiger partial charge in [-0.1, -0.05) is 133 Å². The predicted octanol–water partition coefficient (Wildman–Crippen LogP) is 12.7. The summed E-state index contributed by atoms with van der Waals surface area (Å²) in [7, 11) is 0. The Morgan fingerprint density at radius 2 is 1.04 bits per heavy atom. The van der Waals surface area contributed by atoms with E-state index in [4.69, 9.17) is 14.7 Å². The molecule has 0 saturated carbocycles. The molecule has 0 saturated heterocycles. The standard InChI is InChI=1S/C48H29N3O/c1-2-11-30(12-3-1)31-21-23-32(24-22-31)47-38-15-4-7-18-40(38)49-48(50-47)33-25-26-36-37-16-10-17-39-43(27-28-44(46(37)39)52-45(36)29-33)51-41-19-8-5-13-34(41)35-14-6-9-20-42(35)51/h1-29H. The van der Waals surface area contributed by atoms with E-state index in [0.717, 1.165) is 66.8 Å². The lowest BCUT2D eigenvalue weighted by molar-refractivity contribution is 0.487. The largest absolute Gasteiger partial charge is 0.456 e. The van der Waals surface area contributed by atoms with Gasteiger partial charge in [0.25, 0.3) is 0 Å². The number of benzene rings is 8. The lowest BCUT2D eigenvalue weighted by Gasteiger charge is -2.23. The van der Waals surface area contributed by atoms with E-state index in [2.05, 4.69) is 162 Å². The van der Waals surface area contributed by atoms with E-state index in [-0.39, 0.29) is 0 Å². The summed E-state index contributed by atoms with van der Waals surface area (Å²) in [5.74, 6) is 2.31. The van der Waals surface area contributed by atoms with Gasteiger partial charge in [-0.15, -0.1) is 0 Å². The van der Waals surface area contributed by atoms with Crippen molar-refractivity contribution in [1.82, 2.24) is 14.5 Å². The van der Waals surface area contributed by atoms with Crippen molar-refractivity contribution in [3.8, 4) is 62.1 Å². The summed E-state index contributed by atoms with van der Waals surface area (Å²) in [4.78, 5) is 10.2. The third-order valence-corrected chi connectivity index (χ3v) is 10.4. The van der Waals surface area contributed by atoms with Gasteiger partial charge < -0.3 is 9.30 Å². The minimum atomic E-state index is 0.665. The van der Waals surface area contributed by atoms with Crippen LogP contribution in [0.15, 0.2) is 176 Å². The van der Waals surface area contributed by atoms with Crippen LogP contribution in [0, 0.1) is 0 Å². The first kappa shape index (κ1) is 28.8. The molecule has 0 fully saturated rings. The van der Waals surface area contributed by atoms with Gasteiger partial charge in [-0.3, -0.25) is 0 Å². The molecule has 4 heteroatoms. The Kier molecular flexibility index (Phi) is 6.22. The van der Waals surface area contributed by atoms with Crippen molar-refractivity contribution < 1.29 is 4.74 Å². The van der Waals surface area contributed by atoms with Crippen LogP contribution in [-0.4, -0.2) is 14.5 Å². The molecule has 1 aliphatic heterocycles. The number of para-hydroxylation sites is 3. The number of aromatic nitrogens is 3. The van der Waals surface area contributed by atoms with Gasteiger partial charge in [-0.2, -0.15) is 0 Å². The van der Waals surface area contributed by atoms with Crippen molar-refractivity contribution in [2.24, 2.45) is 0 Å². The first-order chi connectivity index (χ1) is 25.8. The topological polar surface area (TPSA) is 39.9 Å². The average molecular weight is 664 g/mol. The molecule has 0 radical (unpaired) electrons. The second-order valence-corrected chi connectivity index (χ2v) is 13.4. The van der Waals surface area contributed by atoms with Crippen LogP contribution in [0.1, 0.15) is 0 Å². The van der Waals surface area contributed by atoms with Gasteiger partial charge in [0.2, 0.25) is 0 Å². The van der Waals surface area contributed by atoms with Gasteiger partial charge in [0.05, 0.1) is 27.9 Å². The van der Waals surface area contributed by atoms with Crippen LogP contribution >= 0.6 is 0 Å². The lowest BCUT2D eigenvalue weighted by Crippen LogP contribution is -2.02. The van der Waals surface area contributed by atoms with Crippen LogP contribution in [-0.2, 0) is 0 Å². The van der Waals surface area contributed by atoms with Crippen LogP contribution < -0.4 is 4.74 Å². The maximum Gasteiger partial charge on any atom is 0.160 e. The fourth-order valence-electron chi connectivity index (χ4n) is 8.01. The van der Waals surface area contributed by atoms with Crippen molar-refractivity contribution in [3.63, 3.8) is 0 Å². The second-order valence-electron chi connectivity index (χ2n) is 13.4. The van der Waals surface area contributed by atoms with Gasteiger partial charge in [-0.25, -0.2) is 9.97 Å². The molecule has 8 aromatic carbocycles. The molecular weight excluding hydrogens is 635 g/mol. The Balaban J connectivity index is 1.03. The van der Waals surface area contributed by atoms with Crippen molar-refractivity contribution in [3.05, 3.63) is 176 Å². The average Bonchev–Trinajstić information content (AvgIpc) is 3.55. The highest BCUT2D eigenvalue weighted by Crippen LogP contribution is 2.49. The summed E-state index contributed by atoms with van der Waals surface area (Å²) in [6, 6.07) is 61.8. The van der Waals surface area contributed by atoms with Gasteiger partial charge in [0.15, 0.2) is 5.82 Å². The zero-order valence-electron chi connectivity index (χ0n) is 28.0. The Hall–Kier alpha value is -7.04. The maximum absolute atomic E-state index is 6.75. The molecule has 0 aliphatic carbocycles. The van der Waals surface area contributed by atoms with Gasteiger partial charge >= 0.3 is 0 Å². The molecule has 1 aliphatic rings. The van der Waals surface area contributed by atoms with Crippen LogP contribution in [0.3, 0.4) is 0 Å². The molecule has 11 rings (SSSR count). The van der Waals surface area contributed by atoms with E-state index in [1.165, 1.54) is 32.9 Å². The first-order valence-electron chi connectivity index (χ1n) is 17.6. The van der Waals surface area contributed by atoms with E-state index < -0.39 is 0 Å². The van der Waals surface area contributed by atoms with E-state index in [1.807, 2.05) is 18.2 Å². The Morgan fingerprint density at radius 1 is 0.404 bits per heavy atom. The molecule has 2 aromatic heterocycles. The molecule has 3 heterocycles. The number of ether oxygens (including phenoxy) is 1. The molecule has 52 heavy (non-hydrogen) atoms. The molecule has 0 bridgehead atoms. The summed E-state index contributed by atoms with van der Waals surface area (Å²) < 4.78 is 9.14. The maximum atomic E-state index is 6.75. The zero-order chi connectivity index (χ0) is 34.2. The van der Waals surface area contributed by atoms with Crippen molar-refractivity contribution >= 4 is 43.5 Å². The number of hydrogen-bond donors (Lipinski definition) is 0. The summed E-state index contributed by atoms with van der Waals surface area (Å²) in [6.07, 6.45) is 0. The Bertz CT molecular complexity index is 2980. The Labute approximate surface area is 299 Å². The molecule has 242 valence electrons. The van der Waals surface area contributed by atoms with E-state index in [0.29, 0.717) is 5.82 Å². The van der Waals surface area contributed by atoms with Crippen LogP contribution in [0.25, 0.3) is 94.1 Å². The van der Waals surface area contributed by atoms with Crippen molar-refractivity contribution in [1.29, 1.82) is 0 Å². The summed E-state index contributed by atoms with van der Waals surface area (Å²) in [5.41, 5.74) is 11.9. The van der Waals surface area contributed by atoms with Crippen molar-refractivity contribution in [2.75, 3.05) is 0 Å². The molecule has 4 nitrogen and oxygen atoms in total. The van der Waals surface area contributed by atoms with E-state index in [9.17, 15) is 0 Å². The zero-order valence-corrected chi connectivity index (χ0v) is 28.0. The fraction of sp³-hybridized carbons (Fsp3) is 0. The number of hydrogen-bond acceptors (Lipinski definition) is 3. The molecule has 0 atom stereocenters. The summed E-state index contributed by atoms with van der Waals surface area (Å²) in [5, 5.41) is 5.78. The highest BCUT2D eigenvalue weighted by atomic mass is 16.5. The van der Waals surface area contributed by atoms with Gasteiger partial charge in [0.1, 0.15) is 11.5 Å². The SMILES string of the molecule is c1ccc(-c2ccc(-c3nc(-c4ccc5c(c4)Oc4ccc(-n6c7ccccc7c7ccccc76)c6cccc-5c46)nc4ccccc34)cc2)cc1. The molecule has 0 unspecified atom stereocenters. The van der Waals surface area contributed by atoms with Crippen LogP contribution in [0.4, 0.5) is 0 Å². The fourth-order valence-corrected chi connectivity index (χ4v) is 8.01. The summed E-state index contributed by atoms with van der Waals surface area (Å²) >= 11 is 0. The van der Waals surface area contributed by atoms with Gasteiger partial charge in [0, 0.05) is 43.6 Å². The number of nitrogens with zero attached hydrogens (tertiary/aromatic N) is 3. The molecule has 0 N–H and O–H groups in total. The molecule has 10 aromatic rings. The summed E-state index contributed by atoms with van der Waals surface area (Å²) in [6.45, 7) is 0. The highest BCUT2D eigenvalue weighted by Gasteiger charge is 2.24. The predicted molar refractivity (Wildman–Crippen MR) is 213 cm³/mol. The second kappa shape index (κ2) is 11.2. The van der Waals surface area contributed by atoms with E-state index >= 15 is 0 Å². The molecule has 0 amide bonds. The first-order valence-corrected chi connectivity index (χ1v) is 17.6. The third-order valence-electron chi connectivity index (χ3n) is 10.4. The number of fused-ring (bicyclic) bond motifs is 6. The van der Waals surface area contributed by atoms with Crippen molar-refractivity contribution in [2.45, 2.75) is 0 Å². The van der Waals surface area contributed by atoms with Crippen LogP contribution in [0.2, 0.25) is 0 Å². The lowest BCUT2D eigenvalue weighted by atomic mass is 9.93. The third kappa shape index (κ3) is 4.34. The highest BCUT2D eigenvalue weighted by molar-refractivity contribution is 6.13. The van der Waals surface area contributed by atoms with Gasteiger partial charge in [-0.05, 0) is 59.2 Å². The van der Waals surface area contributed by atoms with E-state index in [1.54, 1.807) is 0 Å². The molecule has 0 spiro atoms. The molecular formula is C48H29N3O. The van der Waals surface area contributed by atoms with Crippen LogP contribution in [0.5, 0.6) is 11.5 Å².